The SMILES string of the molecule is O=C(O)C[C@@H](CC1CCCC1)C(=O)N[C@H]1Cc2cn(c3ccccc23)CCCCCCNC1=O. The zero-order chi connectivity index (χ0) is 23.9. The Balaban J connectivity index is 1.57. The summed E-state index contributed by atoms with van der Waals surface area (Å²) in [4.78, 5) is 37.9. The van der Waals surface area contributed by atoms with Gasteiger partial charge in [-0.2, -0.15) is 0 Å². The van der Waals surface area contributed by atoms with Gasteiger partial charge in [0.05, 0.1) is 6.42 Å². The van der Waals surface area contributed by atoms with Crippen LogP contribution in [0.4, 0.5) is 0 Å². The van der Waals surface area contributed by atoms with E-state index in [1.54, 1.807) is 0 Å². The number of amides is 2. The van der Waals surface area contributed by atoms with Crippen LogP contribution >= 0.6 is 0 Å². The molecule has 7 nitrogen and oxygen atoms in total. The van der Waals surface area contributed by atoms with Gasteiger partial charge >= 0.3 is 5.97 Å². The lowest BCUT2D eigenvalue weighted by molar-refractivity contribution is -0.142. The lowest BCUT2D eigenvalue weighted by atomic mass is 9.90. The lowest BCUT2D eigenvalue weighted by Gasteiger charge is -2.23. The van der Waals surface area contributed by atoms with Gasteiger partial charge < -0.3 is 20.3 Å². The average molecular weight is 468 g/mol. The molecule has 184 valence electrons. The number of nitrogens with one attached hydrogen (secondary N) is 2. The molecule has 0 unspecified atom stereocenters. The topological polar surface area (TPSA) is 100 Å². The highest BCUT2D eigenvalue weighted by atomic mass is 16.4. The summed E-state index contributed by atoms with van der Waals surface area (Å²) in [6.45, 7) is 1.52. The van der Waals surface area contributed by atoms with Crippen molar-refractivity contribution in [2.24, 2.45) is 11.8 Å². The molecule has 2 aliphatic rings. The fourth-order valence-electron chi connectivity index (χ4n) is 5.63. The van der Waals surface area contributed by atoms with E-state index in [1.807, 2.05) is 12.1 Å². The number of hydrogen-bond donors (Lipinski definition) is 3. The molecule has 2 aromatic rings. The smallest absolute Gasteiger partial charge is 0.304 e. The van der Waals surface area contributed by atoms with Gasteiger partial charge in [-0.25, -0.2) is 0 Å². The quantitative estimate of drug-likeness (QED) is 0.597. The van der Waals surface area contributed by atoms with Crippen LogP contribution in [0.25, 0.3) is 10.9 Å². The first kappa shape index (κ1) is 24.3. The first-order valence-corrected chi connectivity index (χ1v) is 12.9. The third-order valence-corrected chi connectivity index (χ3v) is 7.44. The number of nitrogens with zero attached hydrogens (tertiary/aromatic N) is 1. The normalized spacial score (nSPS) is 21.2. The van der Waals surface area contributed by atoms with Crippen LogP contribution in [-0.4, -0.2) is 40.0 Å². The summed E-state index contributed by atoms with van der Waals surface area (Å²) in [5, 5.41) is 16.5. The number of carboxylic acids is 1. The predicted octanol–water partition coefficient (Wildman–Crippen LogP) is 4.03. The minimum atomic E-state index is -0.972. The summed E-state index contributed by atoms with van der Waals surface area (Å²) < 4.78 is 2.26. The van der Waals surface area contributed by atoms with E-state index >= 15 is 0 Å². The molecule has 2 amide bonds. The Morgan fingerprint density at radius 3 is 2.65 bits per heavy atom. The Labute approximate surface area is 201 Å². The molecule has 7 heteroatoms. The molecule has 0 radical (unpaired) electrons. The van der Waals surface area contributed by atoms with Crippen LogP contribution in [0.15, 0.2) is 30.5 Å². The highest BCUT2D eigenvalue weighted by Gasteiger charge is 2.31. The summed E-state index contributed by atoms with van der Waals surface area (Å²) in [5.41, 5.74) is 2.17. The molecule has 2 heterocycles. The van der Waals surface area contributed by atoms with Gasteiger partial charge in [-0.3, -0.25) is 14.4 Å². The zero-order valence-electron chi connectivity index (χ0n) is 19.9. The monoisotopic (exact) mass is 467 g/mol. The minimum Gasteiger partial charge on any atom is -0.481 e. The number of fused-ring (bicyclic) bond motifs is 5. The van der Waals surface area contributed by atoms with Crippen LogP contribution in [0.3, 0.4) is 0 Å². The molecule has 2 atom stereocenters. The van der Waals surface area contributed by atoms with Crippen LogP contribution in [0.1, 0.15) is 69.8 Å². The van der Waals surface area contributed by atoms with Crippen LogP contribution < -0.4 is 10.6 Å². The number of rotatable bonds is 6. The molecule has 4 rings (SSSR count). The summed E-state index contributed by atoms with van der Waals surface area (Å²) >= 11 is 0. The molecule has 0 spiro atoms. The van der Waals surface area contributed by atoms with Crippen LogP contribution in [0.5, 0.6) is 0 Å². The molecule has 1 fully saturated rings. The van der Waals surface area contributed by atoms with Crippen molar-refractivity contribution in [2.45, 2.75) is 83.2 Å². The third-order valence-electron chi connectivity index (χ3n) is 7.44. The van der Waals surface area contributed by atoms with E-state index in [4.69, 9.17) is 0 Å². The number of aromatic nitrogens is 1. The molecule has 3 N–H and O–H groups in total. The number of hydrogen-bond acceptors (Lipinski definition) is 3. The van der Waals surface area contributed by atoms with Crippen molar-refractivity contribution >= 4 is 28.7 Å². The van der Waals surface area contributed by atoms with Gasteiger partial charge in [0.25, 0.3) is 0 Å². The maximum Gasteiger partial charge on any atom is 0.304 e. The van der Waals surface area contributed by atoms with Gasteiger partial charge in [0, 0.05) is 42.5 Å². The van der Waals surface area contributed by atoms with Crippen LogP contribution in [0.2, 0.25) is 0 Å². The zero-order valence-corrected chi connectivity index (χ0v) is 19.9. The van der Waals surface area contributed by atoms with E-state index in [0.29, 0.717) is 25.3 Å². The third kappa shape index (κ3) is 6.19. The Hall–Kier alpha value is -2.83. The first-order chi connectivity index (χ1) is 16.5. The van der Waals surface area contributed by atoms with Crippen molar-refractivity contribution in [1.82, 2.24) is 15.2 Å². The van der Waals surface area contributed by atoms with Gasteiger partial charge in [-0.05, 0) is 36.8 Å². The molecule has 0 saturated heterocycles. The highest BCUT2D eigenvalue weighted by molar-refractivity contribution is 5.91. The van der Waals surface area contributed by atoms with E-state index < -0.39 is 17.9 Å². The van der Waals surface area contributed by atoms with Gasteiger partial charge in [-0.1, -0.05) is 56.7 Å². The summed E-state index contributed by atoms with van der Waals surface area (Å²) in [6, 6.07) is 7.46. The standard InChI is InChI=1S/C27H37N3O4/c31-25(32)17-20(15-19-9-3-4-10-19)26(33)29-23-16-21-18-30(24-12-6-5-11-22(21)24)14-8-2-1-7-13-28-27(23)34/h5-6,11-12,18-20,23H,1-4,7-10,13-17H2,(H,28,34)(H,29,33)(H,31,32)/t20-,23+/m1/s1. The number of para-hydroxylation sites is 1. The molecule has 1 aromatic heterocycles. The molecule has 2 bridgehead atoms. The number of benzene rings is 1. The molecule has 1 aromatic carbocycles. The fourth-order valence-corrected chi connectivity index (χ4v) is 5.63. The predicted molar refractivity (Wildman–Crippen MR) is 131 cm³/mol. The molecule has 1 aliphatic carbocycles. The Bertz CT molecular complexity index is 1010. The molecular weight excluding hydrogens is 430 g/mol. The Morgan fingerprint density at radius 2 is 1.85 bits per heavy atom. The van der Waals surface area contributed by atoms with Gasteiger partial charge in [0.2, 0.25) is 11.8 Å². The van der Waals surface area contributed by atoms with Gasteiger partial charge in [-0.15, -0.1) is 0 Å². The minimum absolute atomic E-state index is 0.195. The van der Waals surface area contributed by atoms with Crippen molar-refractivity contribution in [3.8, 4) is 0 Å². The second kappa shape index (κ2) is 11.5. The summed E-state index contributed by atoms with van der Waals surface area (Å²) in [6.07, 6.45) is 11.4. The summed E-state index contributed by atoms with van der Waals surface area (Å²) in [5.74, 6) is -1.70. The maximum atomic E-state index is 13.3. The van der Waals surface area contributed by atoms with E-state index in [1.165, 1.54) is 0 Å². The second-order valence-corrected chi connectivity index (χ2v) is 10.0. The molecular formula is C27H37N3O4. The average Bonchev–Trinajstić information content (AvgIpc) is 3.45. The Kier molecular flexibility index (Phi) is 8.25. The number of aryl methyl sites for hydroxylation is 1. The van der Waals surface area contributed by atoms with E-state index in [2.05, 4.69) is 33.5 Å². The molecule has 1 aliphatic heterocycles. The maximum absolute atomic E-state index is 13.3. The van der Waals surface area contributed by atoms with Gasteiger partial charge in [0.15, 0.2) is 0 Å². The lowest BCUT2D eigenvalue weighted by Crippen LogP contribution is -2.50. The van der Waals surface area contributed by atoms with Crippen molar-refractivity contribution in [2.75, 3.05) is 6.54 Å². The molecule has 1 saturated carbocycles. The van der Waals surface area contributed by atoms with E-state index in [-0.39, 0.29) is 18.2 Å². The molecule has 34 heavy (non-hydrogen) atoms. The van der Waals surface area contributed by atoms with Gasteiger partial charge in [0.1, 0.15) is 6.04 Å². The van der Waals surface area contributed by atoms with Crippen molar-refractivity contribution in [3.05, 3.63) is 36.0 Å². The summed E-state index contributed by atoms with van der Waals surface area (Å²) in [7, 11) is 0. The largest absolute Gasteiger partial charge is 0.481 e. The van der Waals surface area contributed by atoms with E-state index in [0.717, 1.165) is 74.4 Å². The first-order valence-electron chi connectivity index (χ1n) is 12.9. The van der Waals surface area contributed by atoms with Crippen molar-refractivity contribution in [1.29, 1.82) is 0 Å². The number of aliphatic carboxylic acids is 1. The Morgan fingerprint density at radius 1 is 1.09 bits per heavy atom. The number of carbonyl (C=O) groups excluding carboxylic acids is 2. The van der Waals surface area contributed by atoms with Crippen molar-refractivity contribution < 1.29 is 19.5 Å². The second-order valence-electron chi connectivity index (χ2n) is 10.0. The van der Waals surface area contributed by atoms with Crippen LogP contribution in [0, 0.1) is 11.8 Å². The highest BCUT2D eigenvalue weighted by Crippen LogP contribution is 2.31. The van der Waals surface area contributed by atoms with Crippen LogP contribution in [-0.2, 0) is 27.3 Å². The van der Waals surface area contributed by atoms with E-state index in [9.17, 15) is 19.5 Å². The van der Waals surface area contributed by atoms with Crippen molar-refractivity contribution in [3.63, 3.8) is 0 Å². The number of carboxylic acid groups (broad SMARTS) is 1. The fraction of sp³-hybridized carbons (Fsp3) is 0.593. The number of carbonyl (C=O) groups is 3.